The summed E-state index contributed by atoms with van der Waals surface area (Å²) in [6, 6.07) is 17.8. The van der Waals surface area contributed by atoms with Gasteiger partial charge < -0.3 is 9.47 Å². The highest BCUT2D eigenvalue weighted by atomic mass is 35.5. The Morgan fingerprint density at radius 1 is 0.848 bits per heavy atom. The van der Waals surface area contributed by atoms with Gasteiger partial charge in [-0.05, 0) is 59.9 Å². The summed E-state index contributed by atoms with van der Waals surface area (Å²) in [5.41, 5.74) is 3.10. The number of benzene rings is 3. The van der Waals surface area contributed by atoms with Crippen LogP contribution in [-0.4, -0.2) is 19.5 Å². The predicted molar refractivity (Wildman–Crippen MR) is 134 cm³/mol. The molecule has 0 amide bonds. The average Bonchev–Trinajstić information content (AvgIpc) is 2.84. The molecule has 0 aliphatic carbocycles. The summed E-state index contributed by atoms with van der Waals surface area (Å²) in [7, 11) is 0. The largest absolute Gasteiger partial charge is 0.352 e. The second-order valence-corrected chi connectivity index (χ2v) is 9.65. The van der Waals surface area contributed by atoms with Gasteiger partial charge in [-0.2, -0.15) is 0 Å². The molecule has 176 valence electrons. The van der Waals surface area contributed by atoms with E-state index >= 15 is 4.39 Å². The van der Waals surface area contributed by atoms with E-state index in [4.69, 9.17) is 21.1 Å². The minimum absolute atomic E-state index is 0.110. The van der Waals surface area contributed by atoms with Crippen molar-refractivity contribution in [2.45, 2.75) is 64.6 Å². The van der Waals surface area contributed by atoms with Gasteiger partial charge in [0.25, 0.3) is 0 Å². The Kier molecular flexibility index (Phi) is 8.77. The fraction of sp³-hybridized carbons (Fsp3) is 0.448. The minimum Gasteiger partial charge on any atom is -0.352 e. The molecule has 1 aliphatic rings. The molecule has 3 aromatic rings. The van der Waals surface area contributed by atoms with Crippen LogP contribution in [0.25, 0.3) is 10.8 Å². The Hall–Kier alpha value is -1.94. The smallest absolute Gasteiger partial charge is 0.157 e. The van der Waals surface area contributed by atoms with Crippen LogP contribution in [-0.2, 0) is 28.7 Å². The summed E-state index contributed by atoms with van der Waals surface area (Å²) < 4.78 is 27.0. The van der Waals surface area contributed by atoms with Crippen LogP contribution in [0.2, 0.25) is 5.02 Å². The molecule has 2 nitrogen and oxygen atoms in total. The zero-order valence-electron chi connectivity index (χ0n) is 19.5. The van der Waals surface area contributed by atoms with Crippen LogP contribution in [0.15, 0.2) is 54.6 Å². The Bertz CT molecular complexity index is 1030. The topological polar surface area (TPSA) is 18.5 Å². The van der Waals surface area contributed by atoms with Crippen LogP contribution in [0, 0.1) is 11.7 Å². The molecule has 4 rings (SSSR count). The van der Waals surface area contributed by atoms with Crippen LogP contribution in [0.1, 0.15) is 55.7 Å². The Balaban J connectivity index is 1.30. The highest BCUT2D eigenvalue weighted by Gasteiger charge is 2.21. The number of ether oxygens (including phenoxy) is 2. The molecule has 33 heavy (non-hydrogen) atoms. The molecule has 0 N–H and O–H groups in total. The van der Waals surface area contributed by atoms with E-state index in [0.29, 0.717) is 17.7 Å². The van der Waals surface area contributed by atoms with Gasteiger partial charge in [-0.1, -0.05) is 80.3 Å². The van der Waals surface area contributed by atoms with Crippen LogP contribution in [0.4, 0.5) is 4.39 Å². The monoisotopic (exact) mass is 468 g/mol. The van der Waals surface area contributed by atoms with Crippen LogP contribution >= 0.6 is 11.6 Å². The fourth-order valence-corrected chi connectivity index (χ4v) is 4.68. The highest BCUT2D eigenvalue weighted by Crippen LogP contribution is 2.26. The summed E-state index contributed by atoms with van der Waals surface area (Å²) in [5.74, 6) is 0.423. The van der Waals surface area contributed by atoms with E-state index in [-0.39, 0.29) is 12.1 Å². The van der Waals surface area contributed by atoms with Crippen molar-refractivity contribution in [1.82, 2.24) is 0 Å². The molecule has 4 heteroatoms. The Labute approximate surface area is 202 Å². The summed E-state index contributed by atoms with van der Waals surface area (Å²) in [4.78, 5) is 0. The summed E-state index contributed by atoms with van der Waals surface area (Å²) >= 11 is 5.95. The standard InChI is InChI=1S/C29H34ClFO2/c1-2-3-4-5-23-19-32-28(33-20-23)17-10-22-9-16-27-25(18-22)13-12-24(29(27)31)11-6-21-7-14-26(30)15-8-21/h7-9,12-16,18,23,28H,2-6,10-11,17,19-20H2,1H3. The third-order valence-electron chi connectivity index (χ3n) is 6.62. The van der Waals surface area contributed by atoms with Crippen molar-refractivity contribution >= 4 is 22.4 Å². The van der Waals surface area contributed by atoms with Gasteiger partial charge in [-0.15, -0.1) is 0 Å². The molecule has 1 aliphatic heterocycles. The summed E-state index contributed by atoms with van der Waals surface area (Å²) in [5, 5.41) is 2.36. The Morgan fingerprint density at radius 3 is 2.36 bits per heavy atom. The zero-order valence-corrected chi connectivity index (χ0v) is 20.3. The number of rotatable bonds is 10. The molecule has 0 unspecified atom stereocenters. The molecule has 3 aromatic carbocycles. The number of hydrogen-bond acceptors (Lipinski definition) is 2. The van der Waals surface area contributed by atoms with E-state index in [1.54, 1.807) is 0 Å². The van der Waals surface area contributed by atoms with Crippen LogP contribution in [0.5, 0.6) is 0 Å². The zero-order chi connectivity index (χ0) is 23.0. The average molecular weight is 469 g/mol. The van der Waals surface area contributed by atoms with Gasteiger partial charge in [0, 0.05) is 22.7 Å². The normalized spacial score (nSPS) is 18.6. The maximum absolute atomic E-state index is 15.1. The van der Waals surface area contributed by atoms with Crippen molar-refractivity contribution in [1.29, 1.82) is 0 Å². The first-order valence-corrected chi connectivity index (χ1v) is 12.7. The SMILES string of the molecule is CCCCCC1COC(CCc2ccc3c(F)c(CCc4ccc(Cl)cc4)ccc3c2)OC1. The second-order valence-electron chi connectivity index (χ2n) is 9.22. The van der Waals surface area contributed by atoms with Crippen molar-refractivity contribution < 1.29 is 13.9 Å². The van der Waals surface area contributed by atoms with Crippen molar-refractivity contribution in [2.75, 3.05) is 13.2 Å². The molecule has 0 atom stereocenters. The molecule has 0 aromatic heterocycles. The van der Waals surface area contributed by atoms with Crippen LogP contribution < -0.4 is 0 Å². The van der Waals surface area contributed by atoms with E-state index in [2.05, 4.69) is 13.0 Å². The van der Waals surface area contributed by atoms with E-state index in [0.717, 1.165) is 54.0 Å². The second kappa shape index (κ2) is 12.0. The first-order chi connectivity index (χ1) is 16.1. The van der Waals surface area contributed by atoms with Gasteiger partial charge in [0.2, 0.25) is 0 Å². The van der Waals surface area contributed by atoms with Gasteiger partial charge in [0.05, 0.1) is 13.2 Å². The fourth-order valence-electron chi connectivity index (χ4n) is 4.55. The van der Waals surface area contributed by atoms with Crippen molar-refractivity contribution in [3.05, 3.63) is 82.1 Å². The first-order valence-electron chi connectivity index (χ1n) is 12.3. The molecule has 0 bridgehead atoms. The van der Waals surface area contributed by atoms with E-state index in [1.165, 1.54) is 31.2 Å². The molecule has 1 fully saturated rings. The third kappa shape index (κ3) is 6.79. The van der Waals surface area contributed by atoms with E-state index in [9.17, 15) is 0 Å². The maximum atomic E-state index is 15.1. The van der Waals surface area contributed by atoms with Crippen molar-refractivity contribution in [3.8, 4) is 0 Å². The van der Waals surface area contributed by atoms with Gasteiger partial charge in [0.1, 0.15) is 5.82 Å². The van der Waals surface area contributed by atoms with Gasteiger partial charge >= 0.3 is 0 Å². The molecule has 1 saturated heterocycles. The summed E-state index contributed by atoms with van der Waals surface area (Å²) in [6.07, 6.45) is 8.00. The van der Waals surface area contributed by atoms with Gasteiger partial charge in [-0.3, -0.25) is 0 Å². The van der Waals surface area contributed by atoms with Crippen molar-refractivity contribution in [3.63, 3.8) is 0 Å². The number of aryl methyl sites for hydroxylation is 3. The van der Waals surface area contributed by atoms with E-state index in [1.807, 2.05) is 48.5 Å². The molecule has 1 heterocycles. The number of fused-ring (bicyclic) bond motifs is 1. The number of hydrogen-bond donors (Lipinski definition) is 0. The lowest BCUT2D eigenvalue weighted by molar-refractivity contribution is -0.203. The van der Waals surface area contributed by atoms with Crippen LogP contribution in [0.3, 0.4) is 0 Å². The quantitative estimate of drug-likeness (QED) is 0.281. The lowest BCUT2D eigenvalue weighted by Crippen LogP contribution is -2.32. The lowest BCUT2D eigenvalue weighted by atomic mass is 9.98. The molecule has 0 radical (unpaired) electrons. The molecule has 0 spiro atoms. The van der Waals surface area contributed by atoms with Crippen molar-refractivity contribution in [2.24, 2.45) is 5.92 Å². The van der Waals surface area contributed by atoms with Gasteiger partial charge in [0.15, 0.2) is 6.29 Å². The minimum atomic E-state index is -0.130. The predicted octanol–water partition coefficient (Wildman–Crippen LogP) is 7.92. The Morgan fingerprint density at radius 2 is 1.61 bits per heavy atom. The van der Waals surface area contributed by atoms with E-state index < -0.39 is 0 Å². The molecular weight excluding hydrogens is 435 g/mol. The first kappa shape index (κ1) is 24.2. The molecule has 0 saturated carbocycles. The highest BCUT2D eigenvalue weighted by molar-refractivity contribution is 6.30. The van der Waals surface area contributed by atoms with Gasteiger partial charge in [-0.25, -0.2) is 4.39 Å². The lowest BCUT2D eigenvalue weighted by Gasteiger charge is -2.29. The number of halogens is 2. The third-order valence-corrected chi connectivity index (χ3v) is 6.87. The number of unbranched alkanes of at least 4 members (excludes halogenated alkanes) is 2. The maximum Gasteiger partial charge on any atom is 0.157 e. The summed E-state index contributed by atoms with van der Waals surface area (Å²) in [6.45, 7) is 3.83. The molecular formula is C29H34ClFO2.